The van der Waals surface area contributed by atoms with Crippen LogP contribution in [-0.2, 0) is 10.8 Å². The lowest BCUT2D eigenvalue weighted by Crippen LogP contribution is -2.33. The van der Waals surface area contributed by atoms with Crippen molar-refractivity contribution in [1.29, 1.82) is 0 Å². The summed E-state index contributed by atoms with van der Waals surface area (Å²) in [4.78, 5) is 11.6. The van der Waals surface area contributed by atoms with Crippen LogP contribution in [0.15, 0.2) is 18.2 Å². The zero-order chi connectivity index (χ0) is 13.0. The summed E-state index contributed by atoms with van der Waals surface area (Å²) in [7, 11) is -1.06. The average Bonchev–Trinajstić information content (AvgIpc) is 2.25. The van der Waals surface area contributed by atoms with Crippen LogP contribution in [0.25, 0.3) is 0 Å². The molecule has 2 N–H and O–H groups in total. The van der Waals surface area contributed by atoms with Gasteiger partial charge in [0.15, 0.2) is 0 Å². The van der Waals surface area contributed by atoms with Gasteiger partial charge in [-0.15, -0.1) is 0 Å². The van der Waals surface area contributed by atoms with Crippen LogP contribution in [0.3, 0.4) is 0 Å². The minimum atomic E-state index is -1.06. The van der Waals surface area contributed by atoms with Crippen LogP contribution >= 0.6 is 0 Å². The van der Waals surface area contributed by atoms with Crippen LogP contribution in [0, 0.1) is 5.82 Å². The normalized spacial score (nSPS) is 14.1. The molecule has 0 saturated heterocycles. The Kier molecular flexibility index (Phi) is 4.62. The third-order valence-electron chi connectivity index (χ3n) is 2.34. The minimum Gasteiger partial charge on any atom is -0.507 e. The van der Waals surface area contributed by atoms with E-state index in [1.54, 1.807) is 6.92 Å². The maximum Gasteiger partial charge on any atom is 0.258 e. The molecule has 0 spiro atoms. The Labute approximate surface area is 101 Å². The molecule has 2 atom stereocenters. The van der Waals surface area contributed by atoms with E-state index in [-0.39, 0.29) is 17.4 Å². The molecule has 6 heteroatoms. The van der Waals surface area contributed by atoms with Gasteiger partial charge >= 0.3 is 0 Å². The highest BCUT2D eigenvalue weighted by atomic mass is 32.2. The molecule has 0 aliphatic rings. The zero-order valence-electron chi connectivity index (χ0n) is 9.57. The highest BCUT2D eigenvalue weighted by molar-refractivity contribution is 7.84. The molecule has 0 fully saturated rings. The van der Waals surface area contributed by atoms with Gasteiger partial charge in [-0.25, -0.2) is 4.39 Å². The number of amides is 1. The van der Waals surface area contributed by atoms with Gasteiger partial charge < -0.3 is 10.4 Å². The van der Waals surface area contributed by atoms with Crippen molar-refractivity contribution in [2.45, 2.75) is 12.2 Å². The van der Waals surface area contributed by atoms with Crippen molar-refractivity contribution in [1.82, 2.24) is 5.32 Å². The third-order valence-corrected chi connectivity index (χ3v) is 3.64. The Morgan fingerprint density at radius 2 is 2.24 bits per heavy atom. The molecule has 4 nitrogen and oxygen atoms in total. The molecule has 0 bridgehead atoms. The predicted octanol–water partition coefficient (Wildman–Crippen LogP) is 1.03. The molecule has 0 aromatic heterocycles. The van der Waals surface area contributed by atoms with E-state index in [2.05, 4.69) is 5.32 Å². The largest absolute Gasteiger partial charge is 0.507 e. The number of carbonyl (C=O) groups excluding carboxylic acids is 1. The fourth-order valence-corrected chi connectivity index (χ4v) is 1.50. The monoisotopic (exact) mass is 259 g/mol. The van der Waals surface area contributed by atoms with Gasteiger partial charge in [0.25, 0.3) is 5.91 Å². The van der Waals surface area contributed by atoms with E-state index in [0.29, 0.717) is 0 Å². The average molecular weight is 259 g/mol. The topological polar surface area (TPSA) is 66.4 Å². The first-order valence-corrected chi connectivity index (χ1v) is 6.63. The molecule has 0 aliphatic heterocycles. The highest BCUT2D eigenvalue weighted by Crippen LogP contribution is 2.19. The summed E-state index contributed by atoms with van der Waals surface area (Å²) in [5.41, 5.74) is -0.387. The van der Waals surface area contributed by atoms with Crippen molar-refractivity contribution in [3.8, 4) is 5.75 Å². The Morgan fingerprint density at radius 3 is 2.76 bits per heavy atom. The lowest BCUT2D eigenvalue weighted by atomic mass is 10.1. The van der Waals surface area contributed by atoms with Gasteiger partial charge in [-0.2, -0.15) is 0 Å². The Morgan fingerprint density at radius 1 is 1.59 bits per heavy atom. The highest BCUT2D eigenvalue weighted by Gasteiger charge is 2.17. The SMILES string of the molecule is C[C@H](CNC(=O)c1c(O)cccc1F)[S@](C)=O. The number of phenolic OH excluding ortho intramolecular Hbond substituents is 1. The van der Waals surface area contributed by atoms with E-state index in [4.69, 9.17) is 0 Å². The number of rotatable bonds is 4. The fraction of sp³-hybridized carbons (Fsp3) is 0.364. The smallest absolute Gasteiger partial charge is 0.258 e. The molecular formula is C11H14FNO3S. The van der Waals surface area contributed by atoms with Crippen LogP contribution in [0.5, 0.6) is 5.75 Å². The number of carbonyl (C=O) groups is 1. The van der Waals surface area contributed by atoms with E-state index < -0.39 is 28.3 Å². The molecule has 17 heavy (non-hydrogen) atoms. The van der Waals surface area contributed by atoms with Gasteiger partial charge in [0.1, 0.15) is 17.1 Å². The van der Waals surface area contributed by atoms with Crippen LogP contribution < -0.4 is 5.32 Å². The van der Waals surface area contributed by atoms with Crippen molar-refractivity contribution in [2.24, 2.45) is 0 Å². The van der Waals surface area contributed by atoms with Crippen molar-refractivity contribution in [3.63, 3.8) is 0 Å². The zero-order valence-corrected chi connectivity index (χ0v) is 10.4. The van der Waals surface area contributed by atoms with Crippen molar-refractivity contribution < 1.29 is 18.5 Å². The molecule has 0 radical (unpaired) electrons. The number of nitrogens with one attached hydrogen (secondary N) is 1. The minimum absolute atomic E-state index is 0.162. The van der Waals surface area contributed by atoms with E-state index in [0.717, 1.165) is 6.07 Å². The Bertz CT molecular complexity index is 430. The summed E-state index contributed by atoms with van der Waals surface area (Å²) in [6.45, 7) is 1.87. The number of halogens is 1. The van der Waals surface area contributed by atoms with Crippen molar-refractivity contribution in [2.75, 3.05) is 12.8 Å². The van der Waals surface area contributed by atoms with Gasteiger partial charge in [-0.3, -0.25) is 9.00 Å². The van der Waals surface area contributed by atoms with E-state index in [1.807, 2.05) is 0 Å². The second kappa shape index (κ2) is 5.77. The van der Waals surface area contributed by atoms with E-state index in [1.165, 1.54) is 18.4 Å². The third kappa shape index (κ3) is 3.52. The number of hydrogen-bond acceptors (Lipinski definition) is 3. The molecule has 0 unspecified atom stereocenters. The Balaban J connectivity index is 2.74. The van der Waals surface area contributed by atoms with Crippen molar-refractivity contribution in [3.05, 3.63) is 29.6 Å². The number of aromatic hydroxyl groups is 1. The van der Waals surface area contributed by atoms with Gasteiger partial charge in [0.2, 0.25) is 0 Å². The lowest BCUT2D eigenvalue weighted by molar-refractivity contribution is 0.0947. The lowest BCUT2D eigenvalue weighted by Gasteiger charge is -2.11. The van der Waals surface area contributed by atoms with Crippen LogP contribution in [0.1, 0.15) is 17.3 Å². The molecule has 1 aromatic carbocycles. The molecule has 94 valence electrons. The molecule has 1 amide bonds. The summed E-state index contributed by atoms with van der Waals surface area (Å²) < 4.78 is 24.4. The summed E-state index contributed by atoms with van der Waals surface area (Å²) >= 11 is 0. The molecule has 0 saturated carbocycles. The number of hydrogen-bond donors (Lipinski definition) is 2. The number of phenols is 1. The standard InChI is InChI=1S/C11H14FNO3S/c1-7(17(2)16)6-13-11(15)10-8(12)4-3-5-9(10)14/h3-5,7,14H,6H2,1-2H3,(H,13,15)/t7-,17+/m1/s1. The van der Waals surface area contributed by atoms with Gasteiger partial charge in [-0.05, 0) is 19.1 Å². The second-order valence-corrected chi connectivity index (χ2v) is 5.46. The predicted molar refractivity (Wildman–Crippen MR) is 63.9 cm³/mol. The number of benzene rings is 1. The molecule has 0 heterocycles. The van der Waals surface area contributed by atoms with Crippen LogP contribution in [-0.4, -0.2) is 33.3 Å². The molecular weight excluding hydrogens is 245 g/mol. The first-order chi connectivity index (χ1) is 7.93. The maximum absolute atomic E-state index is 13.3. The molecule has 0 aliphatic carbocycles. The Hall–Kier alpha value is -1.43. The fourth-order valence-electron chi connectivity index (χ4n) is 1.18. The van der Waals surface area contributed by atoms with Gasteiger partial charge in [-0.1, -0.05) is 6.07 Å². The molecule has 1 aromatic rings. The summed E-state index contributed by atoms with van der Waals surface area (Å²) in [5.74, 6) is -1.90. The summed E-state index contributed by atoms with van der Waals surface area (Å²) in [5, 5.41) is 11.6. The van der Waals surface area contributed by atoms with E-state index in [9.17, 15) is 18.5 Å². The van der Waals surface area contributed by atoms with Crippen LogP contribution in [0.4, 0.5) is 4.39 Å². The second-order valence-electron chi connectivity index (χ2n) is 3.65. The first-order valence-electron chi connectivity index (χ1n) is 5.01. The first kappa shape index (κ1) is 13.6. The maximum atomic E-state index is 13.3. The summed E-state index contributed by atoms with van der Waals surface area (Å²) in [6, 6.07) is 3.64. The van der Waals surface area contributed by atoms with Gasteiger partial charge in [0, 0.05) is 28.9 Å². The quantitative estimate of drug-likeness (QED) is 0.848. The summed E-state index contributed by atoms with van der Waals surface area (Å²) in [6.07, 6.45) is 1.53. The van der Waals surface area contributed by atoms with Crippen LogP contribution in [0.2, 0.25) is 0 Å². The molecule has 1 rings (SSSR count). The van der Waals surface area contributed by atoms with Gasteiger partial charge in [0.05, 0.1) is 0 Å². The van der Waals surface area contributed by atoms with E-state index >= 15 is 0 Å². The van der Waals surface area contributed by atoms with Crippen molar-refractivity contribution >= 4 is 16.7 Å².